The second kappa shape index (κ2) is 7.23. The Morgan fingerprint density at radius 2 is 1.92 bits per heavy atom. The smallest absolute Gasteiger partial charge is 0.319 e. The fraction of sp³-hybridized carbons (Fsp3) is 0.111. The van der Waals surface area contributed by atoms with E-state index in [0.717, 1.165) is 21.8 Å². The van der Waals surface area contributed by atoms with Gasteiger partial charge in [0.15, 0.2) is 0 Å². The van der Waals surface area contributed by atoms with Gasteiger partial charge in [-0.05, 0) is 30.7 Å². The lowest BCUT2D eigenvalue weighted by atomic mass is 10.1. The number of amides is 2. The fourth-order valence-corrected chi connectivity index (χ4v) is 2.87. The maximum atomic E-state index is 12.9. The molecule has 0 spiro atoms. The zero-order chi connectivity index (χ0) is 16.9. The summed E-state index contributed by atoms with van der Waals surface area (Å²) in [5, 5.41) is 8.54. The summed E-state index contributed by atoms with van der Waals surface area (Å²) in [6.07, 6.45) is 0. The van der Waals surface area contributed by atoms with Crippen molar-refractivity contribution in [3.8, 4) is 11.3 Å². The Balaban J connectivity index is 1.67. The largest absolute Gasteiger partial charge is 0.334 e. The van der Waals surface area contributed by atoms with Crippen molar-refractivity contribution in [3.63, 3.8) is 0 Å². The first-order chi connectivity index (χ1) is 11.6. The minimum absolute atomic E-state index is 0.296. The van der Waals surface area contributed by atoms with E-state index in [4.69, 9.17) is 0 Å². The number of benzene rings is 2. The molecular formula is C18H16FN3OS. The van der Waals surface area contributed by atoms with Crippen LogP contribution in [0, 0.1) is 12.7 Å². The van der Waals surface area contributed by atoms with Gasteiger partial charge in [0.2, 0.25) is 0 Å². The monoisotopic (exact) mass is 341 g/mol. The van der Waals surface area contributed by atoms with E-state index >= 15 is 0 Å². The molecular weight excluding hydrogens is 325 g/mol. The van der Waals surface area contributed by atoms with Crippen LogP contribution in [-0.2, 0) is 6.54 Å². The van der Waals surface area contributed by atoms with E-state index in [-0.39, 0.29) is 11.8 Å². The highest BCUT2D eigenvalue weighted by molar-refractivity contribution is 7.09. The van der Waals surface area contributed by atoms with Crippen LogP contribution in [0.15, 0.2) is 53.9 Å². The number of para-hydroxylation sites is 1. The number of hydrogen-bond donors (Lipinski definition) is 2. The van der Waals surface area contributed by atoms with Crippen LogP contribution in [0.25, 0.3) is 11.3 Å². The molecule has 0 aliphatic heterocycles. The molecule has 0 bridgehead atoms. The van der Waals surface area contributed by atoms with Gasteiger partial charge < -0.3 is 10.6 Å². The predicted molar refractivity (Wildman–Crippen MR) is 94.5 cm³/mol. The summed E-state index contributed by atoms with van der Waals surface area (Å²) < 4.78 is 12.9. The van der Waals surface area contributed by atoms with Gasteiger partial charge in [0.25, 0.3) is 0 Å². The highest BCUT2D eigenvalue weighted by atomic mass is 32.1. The average Bonchev–Trinajstić information content (AvgIpc) is 3.01. The van der Waals surface area contributed by atoms with Crippen molar-refractivity contribution in [2.45, 2.75) is 13.5 Å². The van der Waals surface area contributed by atoms with E-state index in [2.05, 4.69) is 15.6 Å². The molecule has 0 unspecified atom stereocenters. The number of nitrogens with zero attached hydrogens (tertiary/aromatic N) is 1. The van der Waals surface area contributed by atoms with Gasteiger partial charge in [0.1, 0.15) is 5.82 Å². The molecule has 3 rings (SSSR count). The molecule has 2 amide bonds. The molecule has 1 heterocycles. The number of hydrogen-bond acceptors (Lipinski definition) is 3. The number of carbonyl (C=O) groups excluding carboxylic acids is 1. The van der Waals surface area contributed by atoms with E-state index in [9.17, 15) is 9.18 Å². The molecule has 0 radical (unpaired) electrons. The first-order valence-electron chi connectivity index (χ1n) is 7.42. The topological polar surface area (TPSA) is 54.0 Å². The Labute approximate surface area is 143 Å². The van der Waals surface area contributed by atoms with E-state index in [1.807, 2.05) is 36.6 Å². The molecule has 122 valence electrons. The lowest BCUT2D eigenvalue weighted by Crippen LogP contribution is -2.28. The van der Waals surface area contributed by atoms with Gasteiger partial charge >= 0.3 is 6.03 Å². The number of aromatic nitrogens is 1. The van der Waals surface area contributed by atoms with Crippen molar-refractivity contribution >= 4 is 23.1 Å². The van der Waals surface area contributed by atoms with Gasteiger partial charge in [-0.25, -0.2) is 14.2 Å². The molecule has 0 saturated heterocycles. The minimum Gasteiger partial charge on any atom is -0.334 e. The van der Waals surface area contributed by atoms with E-state index in [1.54, 1.807) is 23.5 Å². The summed E-state index contributed by atoms with van der Waals surface area (Å²) in [6.45, 7) is 2.27. The third-order valence-corrected chi connectivity index (χ3v) is 4.21. The Morgan fingerprint density at radius 1 is 1.17 bits per heavy atom. The molecule has 24 heavy (non-hydrogen) atoms. The van der Waals surface area contributed by atoms with Crippen LogP contribution in [0.1, 0.15) is 10.6 Å². The highest BCUT2D eigenvalue weighted by Crippen LogP contribution is 2.28. The Kier molecular flexibility index (Phi) is 4.86. The molecule has 3 aromatic rings. The summed E-state index contributed by atoms with van der Waals surface area (Å²) in [5.74, 6) is -0.296. The summed E-state index contributed by atoms with van der Waals surface area (Å²) in [4.78, 5) is 16.6. The van der Waals surface area contributed by atoms with Gasteiger partial charge in [-0.1, -0.05) is 30.3 Å². The van der Waals surface area contributed by atoms with Crippen LogP contribution in [0.2, 0.25) is 0 Å². The number of carbonyl (C=O) groups is 1. The maximum Gasteiger partial charge on any atom is 0.319 e. The Morgan fingerprint density at radius 3 is 2.62 bits per heavy atom. The molecule has 4 nitrogen and oxygen atoms in total. The third kappa shape index (κ3) is 3.97. The molecule has 0 aliphatic carbocycles. The number of thiazole rings is 1. The second-order valence-electron chi connectivity index (χ2n) is 5.23. The number of rotatable bonds is 4. The summed E-state index contributed by atoms with van der Waals surface area (Å²) >= 11 is 1.57. The third-order valence-electron chi connectivity index (χ3n) is 3.44. The van der Waals surface area contributed by atoms with Crippen molar-refractivity contribution in [3.05, 3.63) is 70.3 Å². The second-order valence-corrected chi connectivity index (χ2v) is 6.29. The summed E-state index contributed by atoms with van der Waals surface area (Å²) in [7, 11) is 0. The van der Waals surface area contributed by atoms with Crippen molar-refractivity contribution in [1.29, 1.82) is 0 Å². The number of halogens is 1. The number of nitrogens with one attached hydrogen (secondary N) is 2. The fourth-order valence-electron chi connectivity index (χ4n) is 2.25. The molecule has 0 aliphatic rings. The van der Waals surface area contributed by atoms with E-state index in [1.165, 1.54) is 12.1 Å². The molecule has 0 saturated carbocycles. The number of urea groups is 1. The summed E-state index contributed by atoms with van der Waals surface area (Å²) in [6, 6.07) is 13.2. The highest BCUT2D eigenvalue weighted by Gasteiger charge is 2.10. The van der Waals surface area contributed by atoms with Crippen molar-refractivity contribution < 1.29 is 9.18 Å². The van der Waals surface area contributed by atoms with E-state index < -0.39 is 0 Å². The average molecular weight is 341 g/mol. The van der Waals surface area contributed by atoms with Crippen LogP contribution in [-0.4, -0.2) is 11.0 Å². The molecule has 2 aromatic carbocycles. The van der Waals surface area contributed by atoms with Crippen molar-refractivity contribution in [2.75, 3.05) is 5.32 Å². The van der Waals surface area contributed by atoms with E-state index in [0.29, 0.717) is 12.2 Å². The van der Waals surface area contributed by atoms with Gasteiger partial charge in [-0.2, -0.15) is 0 Å². The van der Waals surface area contributed by atoms with Gasteiger partial charge in [-0.15, -0.1) is 11.3 Å². The van der Waals surface area contributed by atoms with Gasteiger partial charge in [-0.3, -0.25) is 0 Å². The lowest BCUT2D eigenvalue weighted by Gasteiger charge is -2.11. The lowest BCUT2D eigenvalue weighted by molar-refractivity contribution is 0.252. The molecule has 1 aromatic heterocycles. The first-order valence-corrected chi connectivity index (χ1v) is 8.30. The maximum absolute atomic E-state index is 12.9. The molecule has 6 heteroatoms. The number of aryl methyl sites for hydroxylation is 1. The number of anilines is 1. The zero-order valence-electron chi connectivity index (χ0n) is 13.0. The summed E-state index contributed by atoms with van der Waals surface area (Å²) in [5.41, 5.74) is 3.24. The molecule has 0 fully saturated rings. The van der Waals surface area contributed by atoms with Gasteiger partial charge in [0.05, 0.1) is 16.4 Å². The van der Waals surface area contributed by atoms with Crippen molar-refractivity contribution in [2.24, 2.45) is 0 Å². The Hall–Kier alpha value is -2.73. The first kappa shape index (κ1) is 16.1. The SMILES string of the molecule is Cc1nc(-c2ccccc2NC(=O)NCc2ccc(F)cc2)cs1. The van der Waals surface area contributed by atoms with Gasteiger partial charge in [0, 0.05) is 17.5 Å². The van der Waals surface area contributed by atoms with Crippen LogP contribution >= 0.6 is 11.3 Å². The zero-order valence-corrected chi connectivity index (χ0v) is 13.9. The predicted octanol–water partition coefficient (Wildman–Crippen LogP) is 4.58. The quantitative estimate of drug-likeness (QED) is 0.730. The van der Waals surface area contributed by atoms with Crippen LogP contribution in [0.3, 0.4) is 0 Å². The standard InChI is InChI=1S/C18H16FN3OS/c1-12-21-17(11-24-12)15-4-2-3-5-16(15)22-18(23)20-10-13-6-8-14(19)9-7-13/h2-9,11H,10H2,1H3,(H2,20,22,23). The van der Waals surface area contributed by atoms with Crippen LogP contribution < -0.4 is 10.6 Å². The minimum atomic E-state index is -0.321. The van der Waals surface area contributed by atoms with Crippen LogP contribution in [0.4, 0.5) is 14.9 Å². The van der Waals surface area contributed by atoms with Crippen LogP contribution in [0.5, 0.6) is 0 Å². The molecule has 0 atom stereocenters. The van der Waals surface area contributed by atoms with Crippen molar-refractivity contribution in [1.82, 2.24) is 10.3 Å². The normalized spacial score (nSPS) is 10.4. The molecule has 2 N–H and O–H groups in total. The Bertz CT molecular complexity index is 845.